The summed E-state index contributed by atoms with van der Waals surface area (Å²) in [6.07, 6.45) is 0. The van der Waals surface area contributed by atoms with Crippen LogP contribution in [0.25, 0.3) is 0 Å². The van der Waals surface area contributed by atoms with E-state index in [2.05, 4.69) is 41.9 Å². The van der Waals surface area contributed by atoms with E-state index in [0.29, 0.717) is 0 Å². The molecule has 0 radical (unpaired) electrons. The van der Waals surface area contributed by atoms with E-state index in [1.807, 2.05) is 0 Å². The van der Waals surface area contributed by atoms with Crippen molar-refractivity contribution in [2.24, 2.45) is 0 Å². The van der Waals surface area contributed by atoms with Crippen molar-refractivity contribution in [3.05, 3.63) is 28.8 Å². The van der Waals surface area contributed by atoms with Gasteiger partial charge in [0, 0.05) is 10.9 Å². The summed E-state index contributed by atoms with van der Waals surface area (Å²) in [6, 6.07) is 4.27. The fourth-order valence-corrected chi connectivity index (χ4v) is 1.85. The maximum absolute atomic E-state index is 5.29. The minimum absolute atomic E-state index is 0.846. The van der Waals surface area contributed by atoms with E-state index in [9.17, 15) is 0 Å². The van der Waals surface area contributed by atoms with Gasteiger partial charge in [0.25, 0.3) is 0 Å². The van der Waals surface area contributed by atoms with Gasteiger partial charge >= 0.3 is 0 Å². The van der Waals surface area contributed by atoms with Crippen molar-refractivity contribution >= 4 is 15.9 Å². The molecule has 12 heavy (non-hydrogen) atoms. The predicted molar refractivity (Wildman–Crippen MR) is 55.1 cm³/mol. The summed E-state index contributed by atoms with van der Waals surface area (Å²) in [5.41, 5.74) is 3.70. The second-order valence-corrected chi connectivity index (χ2v) is 3.47. The molecule has 0 unspecified atom stereocenters. The van der Waals surface area contributed by atoms with Crippen LogP contribution in [-0.4, -0.2) is 7.11 Å². The Hall–Kier alpha value is -0.500. The highest BCUT2D eigenvalue weighted by molar-refractivity contribution is 9.08. The van der Waals surface area contributed by atoms with Gasteiger partial charge in [0.1, 0.15) is 5.75 Å². The van der Waals surface area contributed by atoms with Crippen LogP contribution in [0.3, 0.4) is 0 Å². The van der Waals surface area contributed by atoms with Crippen LogP contribution in [0.5, 0.6) is 5.75 Å². The van der Waals surface area contributed by atoms with Crippen molar-refractivity contribution in [3.8, 4) is 5.75 Å². The molecule has 1 aromatic carbocycles. The lowest BCUT2D eigenvalue weighted by atomic mass is 10.1. The highest BCUT2D eigenvalue weighted by Crippen LogP contribution is 2.26. The Morgan fingerprint density at radius 1 is 1.33 bits per heavy atom. The first kappa shape index (κ1) is 9.59. The summed E-state index contributed by atoms with van der Waals surface area (Å²) >= 11 is 3.44. The molecule has 2 heteroatoms. The van der Waals surface area contributed by atoms with Crippen molar-refractivity contribution in [1.29, 1.82) is 0 Å². The summed E-state index contributed by atoms with van der Waals surface area (Å²) in [4.78, 5) is 0. The number of hydrogen-bond donors (Lipinski definition) is 0. The number of ether oxygens (including phenoxy) is 1. The summed E-state index contributed by atoms with van der Waals surface area (Å²) in [7, 11) is 1.71. The molecule has 0 fully saturated rings. The second kappa shape index (κ2) is 3.94. The molecule has 1 nitrogen and oxygen atoms in total. The minimum Gasteiger partial charge on any atom is -0.496 e. The van der Waals surface area contributed by atoms with Crippen molar-refractivity contribution in [1.82, 2.24) is 0 Å². The summed E-state index contributed by atoms with van der Waals surface area (Å²) in [5, 5.41) is 0.846. The smallest absolute Gasteiger partial charge is 0.125 e. The van der Waals surface area contributed by atoms with Gasteiger partial charge in [0.15, 0.2) is 0 Å². The highest BCUT2D eigenvalue weighted by atomic mass is 79.9. The molecular weight excluding hydrogens is 216 g/mol. The normalized spacial score (nSPS) is 10.0. The van der Waals surface area contributed by atoms with E-state index in [1.54, 1.807) is 7.11 Å². The van der Waals surface area contributed by atoms with E-state index in [4.69, 9.17) is 4.74 Å². The van der Waals surface area contributed by atoms with Crippen LogP contribution in [0.4, 0.5) is 0 Å². The maximum Gasteiger partial charge on any atom is 0.125 e. The van der Waals surface area contributed by atoms with Crippen molar-refractivity contribution in [3.63, 3.8) is 0 Å². The Labute approximate surface area is 81.9 Å². The zero-order chi connectivity index (χ0) is 9.14. The second-order valence-electron chi connectivity index (χ2n) is 2.91. The number of methoxy groups -OCH3 is 1. The van der Waals surface area contributed by atoms with Gasteiger partial charge in [-0.05, 0) is 19.4 Å². The van der Waals surface area contributed by atoms with Crippen LogP contribution >= 0.6 is 15.9 Å². The lowest BCUT2D eigenvalue weighted by Crippen LogP contribution is -1.93. The summed E-state index contributed by atoms with van der Waals surface area (Å²) in [5.74, 6) is 0.998. The highest BCUT2D eigenvalue weighted by Gasteiger charge is 2.05. The predicted octanol–water partition coefficient (Wildman–Crippen LogP) is 3.21. The summed E-state index contributed by atoms with van der Waals surface area (Å²) < 4.78 is 5.29. The Morgan fingerprint density at radius 2 is 2.00 bits per heavy atom. The van der Waals surface area contributed by atoms with Gasteiger partial charge in [0.2, 0.25) is 0 Å². The molecule has 0 heterocycles. The quantitative estimate of drug-likeness (QED) is 0.707. The average Bonchev–Trinajstić information content (AvgIpc) is 2.03. The van der Waals surface area contributed by atoms with Gasteiger partial charge in [-0.2, -0.15) is 0 Å². The van der Waals surface area contributed by atoms with Crippen LogP contribution in [0.15, 0.2) is 12.1 Å². The van der Waals surface area contributed by atoms with E-state index in [-0.39, 0.29) is 0 Å². The zero-order valence-electron chi connectivity index (χ0n) is 7.65. The van der Waals surface area contributed by atoms with Crippen molar-refractivity contribution < 1.29 is 4.74 Å². The SMILES string of the molecule is COc1c(C)cc(C)cc1CBr. The van der Waals surface area contributed by atoms with Crippen LogP contribution in [0.2, 0.25) is 0 Å². The van der Waals surface area contributed by atoms with Crippen LogP contribution in [0, 0.1) is 13.8 Å². The van der Waals surface area contributed by atoms with Gasteiger partial charge in [0.05, 0.1) is 7.11 Å². The molecule has 0 bridgehead atoms. The topological polar surface area (TPSA) is 9.23 Å². The molecule has 0 N–H and O–H groups in total. The first-order chi connectivity index (χ1) is 5.69. The fourth-order valence-electron chi connectivity index (χ4n) is 1.43. The first-order valence-corrected chi connectivity index (χ1v) is 5.01. The molecule has 0 saturated heterocycles. The number of rotatable bonds is 2. The fraction of sp³-hybridized carbons (Fsp3) is 0.400. The third-order valence-corrected chi connectivity index (χ3v) is 2.45. The Balaban J connectivity index is 3.24. The van der Waals surface area contributed by atoms with Gasteiger partial charge in [-0.25, -0.2) is 0 Å². The molecular formula is C10H13BrO. The van der Waals surface area contributed by atoms with Crippen molar-refractivity contribution in [2.75, 3.05) is 7.11 Å². The van der Waals surface area contributed by atoms with Gasteiger partial charge in [-0.1, -0.05) is 33.6 Å². The van der Waals surface area contributed by atoms with Crippen LogP contribution < -0.4 is 4.74 Å². The molecule has 0 aliphatic heterocycles. The lowest BCUT2D eigenvalue weighted by Gasteiger charge is -2.10. The number of halogens is 1. The number of hydrogen-bond acceptors (Lipinski definition) is 1. The van der Waals surface area contributed by atoms with E-state index in [0.717, 1.165) is 11.1 Å². The molecule has 0 aromatic heterocycles. The molecule has 0 atom stereocenters. The Kier molecular flexibility index (Phi) is 3.15. The molecule has 66 valence electrons. The van der Waals surface area contributed by atoms with Gasteiger partial charge < -0.3 is 4.74 Å². The molecule has 1 rings (SSSR count). The van der Waals surface area contributed by atoms with Gasteiger partial charge in [-0.3, -0.25) is 0 Å². The van der Waals surface area contributed by atoms with Crippen molar-refractivity contribution in [2.45, 2.75) is 19.2 Å². The average molecular weight is 229 g/mol. The van der Waals surface area contributed by atoms with Crippen LogP contribution in [0.1, 0.15) is 16.7 Å². The van der Waals surface area contributed by atoms with Crippen LogP contribution in [-0.2, 0) is 5.33 Å². The number of aryl methyl sites for hydroxylation is 2. The molecule has 0 saturated carbocycles. The van der Waals surface area contributed by atoms with E-state index >= 15 is 0 Å². The molecule has 1 aromatic rings. The number of benzene rings is 1. The maximum atomic E-state index is 5.29. The minimum atomic E-state index is 0.846. The molecule has 0 spiro atoms. The molecule has 0 amide bonds. The third kappa shape index (κ3) is 1.81. The first-order valence-electron chi connectivity index (χ1n) is 3.89. The largest absolute Gasteiger partial charge is 0.496 e. The van der Waals surface area contributed by atoms with E-state index in [1.165, 1.54) is 16.7 Å². The van der Waals surface area contributed by atoms with E-state index < -0.39 is 0 Å². The monoisotopic (exact) mass is 228 g/mol. The molecule has 0 aliphatic rings. The summed E-state index contributed by atoms with van der Waals surface area (Å²) in [6.45, 7) is 4.16. The standard InChI is InChI=1S/C10H13BrO/c1-7-4-8(2)10(12-3)9(5-7)6-11/h4-5H,6H2,1-3H3. The van der Waals surface area contributed by atoms with Gasteiger partial charge in [-0.15, -0.1) is 0 Å². The molecule has 0 aliphatic carbocycles. The Morgan fingerprint density at radius 3 is 2.50 bits per heavy atom. The number of alkyl halides is 1. The Bertz CT molecular complexity index is 281. The lowest BCUT2D eigenvalue weighted by molar-refractivity contribution is 0.408. The zero-order valence-corrected chi connectivity index (χ0v) is 9.23. The third-order valence-electron chi connectivity index (χ3n) is 1.84.